The van der Waals surface area contributed by atoms with E-state index >= 15 is 0 Å². The van der Waals surface area contributed by atoms with E-state index in [0.29, 0.717) is 12.7 Å². The lowest BCUT2D eigenvalue weighted by atomic mass is 10.1. The molecule has 0 saturated carbocycles. The van der Waals surface area contributed by atoms with Crippen LogP contribution in [0.25, 0.3) is 0 Å². The maximum atomic E-state index is 11.5. The minimum Gasteiger partial charge on any atom is -0.481 e. The average Bonchev–Trinajstić information content (AvgIpc) is 2.38. The van der Waals surface area contributed by atoms with E-state index in [1.165, 1.54) is 0 Å². The first-order valence-electron chi connectivity index (χ1n) is 6.37. The van der Waals surface area contributed by atoms with Gasteiger partial charge in [-0.05, 0) is 12.8 Å². The SMILES string of the molecule is CCCC[C@@H](C=O)NC(=O)N[C@@H](CCC(=O)O)C(=O)O. The van der Waals surface area contributed by atoms with Gasteiger partial charge in [-0.1, -0.05) is 19.8 Å². The molecule has 0 aromatic carbocycles. The van der Waals surface area contributed by atoms with E-state index in [4.69, 9.17) is 10.2 Å². The molecule has 114 valence electrons. The molecule has 2 atom stereocenters. The zero-order valence-corrected chi connectivity index (χ0v) is 11.3. The number of carboxylic acids is 2. The molecule has 0 saturated heterocycles. The third-order valence-corrected chi connectivity index (χ3v) is 2.60. The van der Waals surface area contributed by atoms with E-state index in [1.807, 2.05) is 6.92 Å². The summed E-state index contributed by atoms with van der Waals surface area (Å²) in [5.41, 5.74) is 0. The van der Waals surface area contributed by atoms with Crippen molar-refractivity contribution in [1.29, 1.82) is 0 Å². The largest absolute Gasteiger partial charge is 0.481 e. The molecule has 0 aliphatic heterocycles. The summed E-state index contributed by atoms with van der Waals surface area (Å²) in [7, 11) is 0. The van der Waals surface area contributed by atoms with Crippen LogP contribution in [0.5, 0.6) is 0 Å². The van der Waals surface area contributed by atoms with E-state index in [0.717, 1.165) is 12.8 Å². The maximum absolute atomic E-state index is 11.5. The highest BCUT2D eigenvalue weighted by molar-refractivity contribution is 5.84. The highest BCUT2D eigenvalue weighted by atomic mass is 16.4. The first-order chi connectivity index (χ1) is 9.40. The van der Waals surface area contributed by atoms with Gasteiger partial charge in [-0.3, -0.25) is 4.79 Å². The molecule has 0 rings (SSSR count). The third-order valence-electron chi connectivity index (χ3n) is 2.60. The quantitative estimate of drug-likeness (QED) is 0.429. The Balaban J connectivity index is 4.33. The molecule has 0 spiro atoms. The van der Waals surface area contributed by atoms with Gasteiger partial charge in [0, 0.05) is 6.42 Å². The van der Waals surface area contributed by atoms with Crippen molar-refractivity contribution in [2.45, 2.75) is 51.1 Å². The minimum atomic E-state index is -1.32. The number of carbonyl (C=O) groups excluding carboxylic acids is 2. The lowest BCUT2D eigenvalue weighted by molar-refractivity contribution is -0.140. The van der Waals surface area contributed by atoms with Crippen LogP contribution in [0.15, 0.2) is 0 Å². The van der Waals surface area contributed by atoms with E-state index in [9.17, 15) is 19.2 Å². The molecule has 0 bridgehead atoms. The Morgan fingerprint density at radius 3 is 2.25 bits per heavy atom. The molecule has 20 heavy (non-hydrogen) atoms. The number of carbonyl (C=O) groups is 4. The van der Waals surface area contributed by atoms with Crippen molar-refractivity contribution >= 4 is 24.3 Å². The molecule has 0 aliphatic carbocycles. The lowest BCUT2D eigenvalue weighted by Gasteiger charge is -2.17. The van der Waals surface area contributed by atoms with Gasteiger partial charge in [-0.25, -0.2) is 9.59 Å². The predicted octanol–water partition coefficient (Wildman–Crippen LogP) is 0.361. The van der Waals surface area contributed by atoms with Crippen LogP contribution >= 0.6 is 0 Å². The summed E-state index contributed by atoms with van der Waals surface area (Å²) in [4.78, 5) is 43.5. The second kappa shape index (κ2) is 9.76. The normalized spacial score (nSPS) is 13.1. The van der Waals surface area contributed by atoms with Crippen molar-refractivity contribution in [3.8, 4) is 0 Å². The third kappa shape index (κ3) is 8.06. The summed E-state index contributed by atoms with van der Waals surface area (Å²) in [5, 5.41) is 21.8. The highest BCUT2D eigenvalue weighted by Gasteiger charge is 2.22. The van der Waals surface area contributed by atoms with Gasteiger partial charge in [0.05, 0.1) is 6.04 Å². The molecule has 2 amide bonds. The second-order valence-corrected chi connectivity index (χ2v) is 4.33. The van der Waals surface area contributed by atoms with Gasteiger partial charge in [0.15, 0.2) is 0 Å². The molecule has 0 aromatic rings. The van der Waals surface area contributed by atoms with Crippen molar-refractivity contribution in [3.05, 3.63) is 0 Å². The van der Waals surface area contributed by atoms with Crippen LogP contribution in [0.3, 0.4) is 0 Å². The topological polar surface area (TPSA) is 133 Å². The zero-order valence-electron chi connectivity index (χ0n) is 11.3. The van der Waals surface area contributed by atoms with Crippen LogP contribution < -0.4 is 10.6 Å². The number of hydrogen-bond donors (Lipinski definition) is 4. The number of urea groups is 1. The highest BCUT2D eigenvalue weighted by Crippen LogP contribution is 2.00. The number of aliphatic carboxylic acids is 2. The maximum Gasteiger partial charge on any atom is 0.326 e. The van der Waals surface area contributed by atoms with Gasteiger partial charge in [0.25, 0.3) is 0 Å². The molecular formula is C12H20N2O6. The number of amides is 2. The fourth-order valence-electron chi connectivity index (χ4n) is 1.49. The average molecular weight is 288 g/mol. The molecular weight excluding hydrogens is 268 g/mol. The Morgan fingerprint density at radius 2 is 1.80 bits per heavy atom. The molecule has 0 aliphatic rings. The lowest BCUT2D eigenvalue weighted by Crippen LogP contribution is -2.49. The number of nitrogens with one attached hydrogen (secondary N) is 2. The first kappa shape index (κ1) is 17.9. The molecule has 0 unspecified atom stereocenters. The number of aldehydes is 1. The van der Waals surface area contributed by atoms with Gasteiger partial charge in [0.1, 0.15) is 12.3 Å². The molecule has 0 heterocycles. The summed E-state index contributed by atoms with van der Waals surface area (Å²) in [5.74, 6) is -2.47. The summed E-state index contributed by atoms with van der Waals surface area (Å²) in [6, 6.07) is -2.77. The summed E-state index contributed by atoms with van der Waals surface area (Å²) in [6.45, 7) is 1.94. The van der Waals surface area contributed by atoms with E-state index in [1.54, 1.807) is 0 Å². The van der Waals surface area contributed by atoms with E-state index < -0.39 is 30.1 Å². The fourth-order valence-corrected chi connectivity index (χ4v) is 1.49. The fraction of sp³-hybridized carbons (Fsp3) is 0.667. The van der Waals surface area contributed by atoms with Crippen LogP contribution in [0.1, 0.15) is 39.0 Å². The second-order valence-electron chi connectivity index (χ2n) is 4.33. The van der Waals surface area contributed by atoms with E-state index in [-0.39, 0.29) is 12.8 Å². The number of unbranched alkanes of at least 4 members (excludes halogenated alkanes) is 1. The molecule has 0 aromatic heterocycles. The van der Waals surface area contributed by atoms with Crippen molar-refractivity contribution < 1.29 is 29.4 Å². The van der Waals surface area contributed by atoms with Crippen LogP contribution in [0.2, 0.25) is 0 Å². The monoisotopic (exact) mass is 288 g/mol. The van der Waals surface area contributed by atoms with Gasteiger partial charge in [0.2, 0.25) is 0 Å². The smallest absolute Gasteiger partial charge is 0.326 e. The molecule has 8 nitrogen and oxygen atoms in total. The molecule has 8 heteroatoms. The van der Waals surface area contributed by atoms with Crippen LogP contribution in [0.4, 0.5) is 4.79 Å². The zero-order chi connectivity index (χ0) is 15.5. The van der Waals surface area contributed by atoms with Crippen LogP contribution in [-0.4, -0.2) is 46.6 Å². The Bertz CT molecular complexity index is 358. The summed E-state index contributed by atoms with van der Waals surface area (Å²) >= 11 is 0. The minimum absolute atomic E-state index is 0.223. The van der Waals surface area contributed by atoms with Crippen molar-refractivity contribution in [3.63, 3.8) is 0 Å². The summed E-state index contributed by atoms with van der Waals surface area (Å²) < 4.78 is 0. The Morgan fingerprint density at radius 1 is 1.15 bits per heavy atom. The number of hydrogen-bond acceptors (Lipinski definition) is 4. The standard InChI is InChI=1S/C12H20N2O6/c1-2-3-4-8(7-15)13-12(20)14-9(11(18)19)5-6-10(16)17/h7-9H,2-6H2,1H3,(H,16,17)(H,18,19)(H2,13,14,20)/t8-,9-/m0/s1. The number of carboxylic acid groups (broad SMARTS) is 2. The van der Waals surface area contributed by atoms with Crippen molar-refractivity contribution in [2.24, 2.45) is 0 Å². The van der Waals surface area contributed by atoms with Crippen molar-refractivity contribution in [1.82, 2.24) is 10.6 Å². The van der Waals surface area contributed by atoms with Gasteiger partial charge in [-0.15, -0.1) is 0 Å². The summed E-state index contributed by atoms with van der Waals surface area (Å²) in [6.07, 6.45) is 2.08. The van der Waals surface area contributed by atoms with Crippen molar-refractivity contribution in [2.75, 3.05) is 0 Å². The van der Waals surface area contributed by atoms with Crippen LogP contribution in [0, 0.1) is 0 Å². The number of rotatable bonds is 10. The Hall–Kier alpha value is -2.12. The Labute approximate surface area is 116 Å². The van der Waals surface area contributed by atoms with Crippen LogP contribution in [-0.2, 0) is 14.4 Å². The molecule has 4 N–H and O–H groups in total. The van der Waals surface area contributed by atoms with Gasteiger partial charge in [-0.2, -0.15) is 0 Å². The molecule has 0 fully saturated rings. The molecule has 0 radical (unpaired) electrons. The van der Waals surface area contributed by atoms with Gasteiger partial charge >= 0.3 is 18.0 Å². The predicted molar refractivity (Wildman–Crippen MR) is 69.3 cm³/mol. The van der Waals surface area contributed by atoms with E-state index in [2.05, 4.69) is 10.6 Å². The first-order valence-corrected chi connectivity index (χ1v) is 6.37. The Kier molecular flexibility index (Phi) is 8.73. The van der Waals surface area contributed by atoms with Gasteiger partial charge < -0.3 is 25.6 Å².